The quantitative estimate of drug-likeness (QED) is 0.817. The van der Waals surface area contributed by atoms with Crippen LogP contribution in [0.2, 0.25) is 0 Å². The maximum absolute atomic E-state index is 12.9. The predicted octanol–water partition coefficient (Wildman–Crippen LogP) is 1.98. The summed E-state index contributed by atoms with van der Waals surface area (Å²) in [6.45, 7) is 7.07. The van der Waals surface area contributed by atoms with Crippen LogP contribution in [0.15, 0.2) is 18.2 Å². The van der Waals surface area contributed by atoms with Crippen molar-refractivity contribution in [1.82, 2.24) is 10.6 Å². The van der Waals surface area contributed by atoms with E-state index in [1.165, 1.54) is 11.6 Å². The first-order valence-electron chi connectivity index (χ1n) is 5.80. The van der Waals surface area contributed by atoms with Crippen molar-refractivity contribution in [2.24, 2.45) is 0 Å². The van der Waals surface area contributed by atoms with E-state index in [0.717, 1.165) is 31.6 Å². The first-order valence-corrected chi connectivity index (χ1v) is 5.80. The molecule has 0 saturated carbocycles. The van der Waals surface area contributed by atoms with Crippen molar-refractivity contribution in [3.8, 4) is 0 Å². The fourth-order valence-corrected chi connectivity index (χ4v) is 2.13. The standard InChI is InChI=1S/C13H19FN2/c1-10-7-12(14)4-3-11(10)8-16-13(2)5-6-15-9-13/h3-4,7,15-16H,5-6,8-9H2,1-2H3. The maximum atomic E-state index is 12.9. The average Bonchev–Trinajstić information content (AvgIpc) is 2.64. The number of benzene rings is 1. The highest BCUT2D eigenvalue weighted by molar-refractivity contribution is 5.26. The van der Waals surface area contributed by atoms with Crippen molar-refractivity contribution in [3.63, 3.8) is 0 Å². The maximum Gasteiger partial charge on any atom is 0.123 e. The molecule has 16 heavy (non-hydrogen) atoms. The molecule has 1 heterocycles. The summed E-state index contributed by atoms with van der Waals surface area (Å²) in [5, 5.41) is 6.90. The number of aryl methyl sites for hydroxylation is 1. The van der Waals surface area contributed by atoms with Crippen LogP contribution in [0, 0.1) is 12.7 Å². The average molecular weight is 222 g/mol. The van der Waals surface area contributed by atoms with Gasteiger partial charge in [0.05, 0.1) is 0 Å². The molecule has 2 N–H and O–H groups in total. The van der Waals surface area contributed by atoms with Gasteiger partial charge in [-0.25, -0.2) is 4.39 Å². The molecule has 0 spiro atoms. The van der Waals surface area contributed by atoms with Gasteiger partial charge in [-0.15, -0.1) is 0 Å². The van der Waals surface area contributed by atoms with Gasteiger partial charge in [0.1, 0.15) is 5.82 Å². The summed E-state index contributed by atoms with van der Waals surface area (Å²) in [7, 11) is 0. The van der Waals surface area contributed by atoms with Crippen LogP contribution in [0.4, 0.5) is 4.39 Å². The molecule has 1 aromatic carbocycles. The van der Waals surface area contributed by atoms with Crippen LogP contribution in [-0.4, -0.2) is 18.6 Å². The Labute approximate surface area is 96.2 Å². The Bertz CT molecular complexity index is 370. The molecule has 2 rings (SSSR count). The number of hydrogen-bond acceptors (Lipinski definition) is 2. The number of hydrogen-bond donors (Lipinski definition) is 2. The Morgan fingerprint density at radius 1 is 1.50 bits per heavy atom. The fraction of sp³-hybridized carbons (Fsp3) is 0.538. The normalized spacial score (nSPS) is 24.9. The van der Waals surface area contributed by atoms with Gasteiger partial charge in [0.15, 0.2) is 0 Å². The van der Waals surface area contributed by atoms with Crippen LogP contribution < -0.4 is 10.6 Å². The van der Waals surface area contributed by atoms with E-state index in [1.54, 1.807) is 6.07 Å². The molecule has 88 valence electrons. The van der Waals surface area contributed by atoms with Crippen molar-refractivity contribution in [1.29, 1.82) is 0 Å². The third-order valence-electron chi connectivity index (χ3n) is 3.38. The van der Waals surface area contributed by atoms with Gasteiger partial charge in [-0.2, -0.15) is 0 Å². The molecule has 1 unspecified atom stereocenters. The van der Waals surface area contributed by atoms with Crippen molar-refractivity contribution < 1.29 is 4.39 Å². The first-order chi connectivity index (χ1) is 7.59. The second-order valence-corrected chi connectivity index (χ2v) is 4.91. The smallest absolute Gasteiger partial charge is 0.123 e. The molecule has 0 amide bonds. The summed E-state index contributed by atoms with van der Waals surface area (Å²) in [4.78, 5) is 0. The first kappa shape index (κ1) is 11.6. The SMILES string of the molecule is Cc1cc(F)ccc1CNC1(C)CCNC1. The highest BCUT2D eigenvalue weighted by Gasteiger charge is 2.27. The largest absolute Gasteiger partial charge is 0.315 e. The predicted molar refractivity (Wildman–Crippen MR) is 63.9 cm³/mol. The number of rotatable bonds is 3. The summed E-state index contributed by atoms with van der Waals surface area (Å²) in [6.07, 6.45) is 1.15. The van der Waals surface area contributed by atoms with Gasteiger partial charge >= 0.3 is 0 Å². The molecule has 3 heteroatoms. The zero-order valence-corrected chi connectivity index (χ0v) is 9.94. The monoisotopic (exact) mass is 222 g/mol. The van der Waals surface area contributed by atoms with E-state index >= 15 is 0 Å². The van der Waals surface area contributed by atoms with Gasteiger partial charge in [-0.1, -0.05) is 6.07 Å². The van der Waals surface area contributed by atoms with Gasteiger partial charge in [0.25, 0.3) is 0 Å². The van der Waals surface area contributed by atoms with Gasteiger partial charge in [0, 0.05) is 18.6 Å². The zero-order valence-electron chi connectivity index (χ0n) is 9.94. The second kappa shape index (κ2) is 4.52. The minimum absolute atomic E-state index is 0.157. The minimum Gasteiger partial charge on any atom is -0.315 e. The molecule has 0 aliphatic carbocycles. The lowest BCUT2D eigenvalue weighted by atomic mass is 10.0. The van der Waals surface area contributed by atoms with Crippen molar-refractivity contribution >= 4 is 0 Å². The van der Waals surface area contributed by atoms with E-state index in [2.05, 4.69) is 17.6 Å². The lowest BCUT2D eigenvalue weighted by Gasteiger charge is -2.25. The van der Waals surface area contributed by atoms with Gasteiger partial charge < -0.3 is 10.6 Å². The fourth-order valence-electron chi connectivity index (χ4n) is 2.13. The van der Waals surface area contributed by atoms with Gasteiger partial charge in [0.2, 0.25) is 0 Å². The molecule has 0 bridgehead atoms. The van der Waals surface area contributed by atoms with Crippen molar-refractivity contribution in [2.75, 3.05) is 13.1 Å². The molecule has 0 aromatic heterocycles. The second-order valence-electron chi connectivity index (χ2n) is 4.91. The van der Waals surface area contributed by atoms with Crippen LogP contribution >= 0.6 is 0 Å². The van der Waals surface area contributed by atoms with Crippen molar-refractivity contribution in [2.45, 2.75) is 32.4 Å². The topological polar surface area (TPSA) is 24.1 Å². The lowest BCUT2D eigenvalue weighted by molar-refractivity contribution is 0.385. The minimum atomic E-state index is -0.157. The van der Waals surface area contributed by atoms with E-state index in [-0.39, 0.29) is 11.4 Å². The third-order valence-corrected chi connectivity index (χ3v) is 3.38. The molecular formula is C13H19FN2. The van der Waals surface area contributed by atoms with Crippen LogP contribution in [0.3, 0.4) is 0 Å². The van der Waals surface area contributed by atoms with E-state index < -0.39 is 0 Å². The van der Waals surface area contributed by atoms with E-state index in [0.29, 0.717) is 0 Å². The molecule has 1 fully saturated rings. The van der Waals surface area contributed by atoms with E-state index in [1.807, 2.05) is 13.0 Å². The number of halogens is 1. The Balaban J connectivity index is 1.99. The summed E-state index contributed by atoms with van der Waals surface area (Å²) in [5.41, 5.74) is 2.37. The van der Waals surface area contributed by atoms with Crippen LogP contribution in [0.1, 0.15) is 24.5 Å². The Morgan fingerprint density at radius 3 is 2.94 bits per heavy atom. The third kappa shape index (κ3) is 2.60. The van der Waals surface area contributed by atoms with Crippen LogP contribution in [0.5, 0.6) is 0 Å². The molecule has 1 aromatic rings. The van der Waals surface area contributed by atoms with Gasteiger partial charge in [-0.3, -0.25) is 0 Å². The molecule has 2 nitrogen and oxygen atoms in total. The van der Waals surface area contributed by atoms with Gasteiger partial charge in [-0.05, 0) is 50.1 Å². The Kier molecular flexibility index (Phi) is 3.26. The highest BCUT2D eigenvalue weighted by atomic mass is 19.1. The summed E-state index contributed by atoms with van der Waals surface area (Å²) >= 11 is 0. The molecule has 1 aliphatic rings. The number of nitrogens with one attached hydrogen (secondary N) is 2. The molecular weight excluding hydrogens is 203 g/mol. The lowest BCUT2D eigenvalue weighted by Crippen LogP contribution is -2.43. The van der Waals surface area contributed by atoms with E-state index in [4.69, 9.17) is 0 Å². The molecule has 1 saturated heterocycles. The summed E-state index contributed by atoms with van der Waals surface area (Å²) < 4.78 is 12.9. The van der Waals surface area contributed by atoms with E-state index in [9.17, 15) is 4.39 Å². The summed E-state index contributed by atoms with van der Waals surface area (Å²) in [6, 6.07) is 4.98. The Hall–Kier alpha value is -0.930. The Morgan fingerprint density at radius 2 is 2.31 bits per heavy atom. The zero-order chi connectivity index (χ0) is 11.6. The molecule has 1 aliphatic heterocycles. The highest BCUT2D eigenvalue weighted by Crippen LogP contribution is 2.16. The van der Waals surface area contributed by atoms with Crippen molar-refractivity contribution in [3.05, 3.63) is 35.1 Å². The molecule has 1 atom stereocenters. The van der Waals surface area contributed by atoms with Crippen LogP contribution in [0.25, 0.3) is 0 Å². The summed E-state index contributed by atoms with van der Waals surface area (Å²) in [5.74, 6) is -0.157. The van der Waals surface area contributed by atoms with Crippen LogP contribution in [-0.2, 0) is 6.54 Å². The molecule has 0 radical (unpaired) electrons.